The first kappa shape index (κ1) is 12.6. The maximum atomic E-state index is 13.7. The number of aromatic hydroxyl groups is 1. The van der Waals surface area contributed by atoms with Gasteiger partial charge in [0.2, 0.25) is 0 Å². The molecule has 0 amide bonds. The lowest BCUT2D eigenvalue weighted by Crippen LogP contribution is -2.03. The van der Waals surface area contributed by atoms with Crippen molar-refractivity contribution in [3.63, 3.8) is 0 Å². The normalized spacial score (nSPS) is 10.9. The summed E-state index contributed by atoms with van der Waals surface area (Å²) in [5, 5.41) is 10.2. The summed E-state index contributed by atoms with van der Waals surface area (Å²) in [6.07, 6.45) is 2.93. The largest absolute Gasteiger partial charge is 0.508 e. The lowest BCUT2D eigenvalue weighted by molar-refractivity contribution is 0.103. The summed E-state index contributed by atoms with van der Waals surface area (Å²) < 4.78 is 13.7. The number of rotatable bonds is 2. The third kappa shape index (κ3) is 1.92. The van der Waals surface area contributed by atoms with Gasteiger partial charge in [-0.1, -0.05) is 11.6 Å². The predicted molar refractivity (Wildman–Crippen MR) is 72.6 cm³/mol. The van der Waals surface area contributed by atoms with Crippen molar-refractivity contribution in [1.82, 2.24) is 9.97 Å². The van der Waals surface area contributed by atoms with Gasteiger partial charge in [-0.25, -0.2) is 9.37 Å². The molecule has 4 nitrogen and oxygen atoms in total. The summed E-state index contributed by atoms with van der Waals surface area (Å²) in [5.74, 6) is -1.46. The number of phenolic OH excluding ortho intramolecular Hbond substituents is 1. The number of nitrogens with one attached hydrogen (secondary N) is 1. The number of H-pyrrole nitrogens is 1. The molecule has 0 saturated carbocycles. The van der Waals surface area contributed by atoms with Crippen LogP contribution in [0.25, 0.3) is 11.0 Å². The number of fused-ring (bicyclic) bond motifs is 1. The number of aromatic amines is 1. The number of pyridine rings is 1. The van der Waals surface area contributed by atoms with E-state index in [4.69, 9.17) is 11.6 Å². The lowest BCUT2D eigenvalue weighted by Gasteiger charge is -2.03. The summed E-state index contributed by atoms with van der Waals surface area (Å²) >= 11 is 6.05. The van der Waals surface area contributed by atoms with Gasteiger partial charge < -0.3 is 10.1 Å². The number of aromatic nitrogens is 2. The van der Waals surface area contributed by atoms with Crippen LogP contribution in [0.4, 0.5) is 4.39 Å². The number of carbonyl (C=O) groups excluding carboxylic acids is 1. The van der Waals surface area contributed by atoms with Crippen LogP contribution in [0.2, 0.25) is 5.02 Å². The quantitative estimate of drug-likeness (QED) is 0.712. The Bertz CT molecular complexity index is 829. The van der Waals surface area contributed by atoms with E-state index in [1.54, 1.807) is 6.07 Å². The first-order chi connectivity index (χ1) is 9.58. The van der Waals surface area contributed by atoms with E-state index in [1.165, 1.54) is 18.5 Å². The van der Waals surface area contributed by atoms with Crippen molar-refractivity contribution in [3.05, 3.63) is 58.6 Å². The zero-order chi connectivity index (χ0) is 14.3. The Kier molecular flexibility index (Phi) is 2.91. The van der Waals surface area contributed by atoms with Crippen molar-refractivity contribution in [2.75, 3.05) is 0 Å². The van der Waals surface area contributed by atoms with Gasteiger partial charge in [-0.15, -0.1) is 0 Å². The Labute approximate surface area is 117 Å². The van der Waals surface area contributed by atoms with Crippen LogP contribution < -0.4 is 0 Å². The zero-order valence-corrected chi connectivity index (χ0v) is 10.8. The molecule has 6 heteroatoms. The molecular formula is C14H8ClFN2O2. The minimum atomic E-state index is -0.706. The van der Waals surface area contributed by atoms with E-state index in [-0.39, 0.29) is 16.9 Å². The lowest BCUT2D eigenvalue weighted by atomic mass is 10.0. The van der Waals surface area contributed by atoms with Crippen molar-refractivity contribution in [1.29, 1.82) is 0 Å². The third-order valence-corrected chi connectivity index (χ3v) is 3.28. The first-order valence-corrected chi connectivity index (χ1v) is 6.10. The summed E-state index contributed by atoms with van der Waals surface area (Å²) in [6.45, 7) is 0. The fraction of sp³-hybridized carbons (Fsp3) is 0. The Morgan fingerprint density at radius 2 is 2.10 bits per heavy atom. The molecule has 0 fully saturated rings. The van der Waals surface area contributed by atoms with Crippen molar-refractivity contribution in [2.24, 2.45) is 0 Å². The molecule has 0 atom stereocenters. The highest BCUT2D eigenvalue weighted by Crippen LogP contribution is 2.28. The first-order valence-electron chi connectivity index (χ1n) is 5.72. The SMILES string of the molecule is O=C(c1cc(O)ccc1F)c1c[nH]c2nccc(Cl)c12. The highest BCUT2D eigenvalue weighted by molar-refractivity contribution is 6.37. The van der Waals surface area contributed by atoms with Gasteiger partial charge in [-0.05, 0) is 24.3 Å². The van der Waals surface area contributed by atoms with E-state index in [2.05, 4.69) is 9.97 Å². The molecule has 0 aliphatic rings. The Morgan fingerprint density at radius 3 is 2.90 bits per heavy atom. The molecule has 3 rings (SSSR count). The van der Waals surface area contributed by atoms with Gasteiger partial charge in [0.05, 0.1) is 16.1 Å². The molecule has 0 spiro atoms. The molecule has 0 radical (unpaired) electrons. The summed E-state index contributed by atoms with van der Waals surface area (Å²) in [4.78, 5) is 19.2. The summed E-state index contributed by atoms with van der Waals surface area (Å²) in [5.41, 5.74) is 0.440. The van der Waals surface area contributed by atoms with Gasteiger partial charge >= 0.3 is 0 Å². The number of ketones is 1. The highest BCUT2D eigenvalue weighted by atomic mass is 35.5. The van der Waals surface area contributed by atoms with E-state index < -0.39 is 11.6 Å². The fourth-order valence-corrected chi connectivity index (χ4v) is 2.28. The van der Waals surface area contributed by atoms with Crippen LogP contribution in [-0.2, 0) is 0 Å². The van der Waals surface area contributed by atoms with Crippen molar-refractivity contribution < 1.29 is 14.3 Å². The number of halogens is 2. The molecule has 100 valence electrons. The van der Waals surface area contributed by atoms with Crippen LogP contribution in [0.5, 0.6) is 5.75 Å². The Hall–Kier alpha value is -2.40. The molecule has 0 bridgehead atoms. The molecule has 2 aromatic heterocycles. The van der Waals surface area contributed by atoms with Gasteiger partial charge in [0.15, 0.2) is 5.78 Å². The Morgan fingerprint density at radius 1 is 1.30 bits per heavy atom. The monoisotopic (exact) mass is 290 g/mol. The fourth-order valence-electron chi connectivity index (χ4n) is 2.03. The smallest absolute Gasteiger partial charge is 0.198 e. The van der Waals surface area contributed by atoms with Gasteiger partial charge in [0.25, 0.3) is 0 Å². The predicted octanol–water partition coefficient (Wildman–Crippen LogP) is 3.29. The van der Waals surface area contributed by atoms with Crippen LogP contribution in [-0.4, -0.2) is 20.9 Å². The number of benzene rings is 1. The molecule has 3 aromatic rings. The molecule has 0 unspecified atom stereocenters. The van der Waals surface area contributed by atoms with E-state index >= 15 is 0 Å². The zero-order valence-electron chi connectivity index (χ0n) is 10.0. The molecule has 0 aliphatic heterocycles. The second kappa shape index (κ2) is 4.61. The minimum Gasteiger partial charge on any atom is -0.508 e. The minimum absolute atomic E-state index is 0.182. The van der Waals surface area contributed by atoms with E-state index in [0.717, 1.165) is 12.1 Å². The topological polar surface area (TPSA) is 66.0 Å². The van der Waals surface area contributed by atoms with Crippen molar-refractivity contribution in [2.45, 2.75) is 0 Å². The standard InChI is InChI=1S/C14H8ClFN2O2/c15-10-3-4-17-14-12(10)9(6-18-14)13(20)8-5-7(19)1-2-11(8)16/h1-6,19H,(H,17,18). The number of hydrogen-bond donors (Lipinski definition) is 2. The number of carbonyl (C=O) groups is 1. The third-order valence-electron chi connectivity index (χ3n) is 2.96. The van der Waals surface area contributed by atoms with Crippen molar-refractivity contribution >= 4 is 28.4 Å². The molecule has 1 aromatic carbocycles. The number of nitrogens with zero attached hydrogens (tertiary/aromatic N) is 1. The van der Waals surface area contributed by atoms with Crippen LogP contribution in [0.3, 0.4) is 0 Å². The molecule has 0 aliphatic carbocycles. The van der Waals surface area contributed by atoms with Gasteiger partial charge in [0, 0.05) is 17.8 Å². The highest BCUT2D eigenvalue weighted by Gasteiger charge is 2.20. The Balaban J connectivity index is 2.21. The van der Waals surface area contributed by atoms with E-state index in [9.17, 15) is 14.3 Å². The molecule has 2 N–H and O–H groups in total. The van der Waals surface area contributed by atoms with Gasteiger partial charge in [0.1, 0.15) is 17.2 Å². The van der Waals surface area contributed by atoms with Gasteiger partial charge in [-0.3, -0.25) is 4.79 Å². The van der Waals surface area contributed by atoms with Crippen LogP contribution in [0, 0.1) is 5.82 Å². The second-order valence-electron chi connectivity index (χ2n) is 4.21. The number of phenols is 1. The van der Waals surface area contributed by atoms with E-state index in [1.807, 2.05) is 0 Å². The average molecular weight is 291 g/mol. The second-order valence-corrected chi connectivity index (χ2v) is 4.62. The number of hydrogen-bond acceptors (Lipinski definition) is 3. The molecule has 2 heterocycles. The van der Waals surface area contributed by atoms with Crippen LogP contribution >= 0.6 is 11.6 Å². The van der Waals surface area contributed by atoms with Crippen LogP contribution in [0.1, 0.15) is 15.9 Å². The maximum Gasteiger partial charge on any atom is 0.198 e. The summed E-state index contributed by atoms with van der Waals surface area (Å²) in [7, 11) is 0. The maximum absolute atomic E-state index is 13.7. The molecular weight excluding hydrogens is 283 g/mol. The van der Waals surface area contributed by atoms with Crippen molar-refractivity contribution in [3.8, 4) is 5.75 Å². The average Bonchev–Trinajstić information content (AvgIpc) is 2.86. The van der Waals surface area contributed by atoms with E-state index in [0.29, 0.717) is 16.1 Å². The van der Waals surface area contributed by atoms with Gasteiger partial charge in [-0.2, -0.15) is 0 Å². The summed E-state index contributed by atoms with van der Waals surface area (Å²) in [6, 6.07) is 4.85. The van der Waals surface area contributed by atoms with Crippen LogP contribution in [0.15, 0.2) is 36.7 Å². The molecule has 20 heavy (non-hydrogen) atoms. The molecule has 0 saturated heterocycles.